The van der Waals surface area contributed by atoms with Crippen LogP contribution in [0, 0.1) is 5.41 Å². The number of nitrogens with one attached hydrogen (secondary N) is 3. The van der Waals surface area contributed by atoms with E-state index >= 15 is 0 Å². The van der Waals surface area contributed by atoms with Gasteiger partial charge in [-0.05, 0) is 48.0 Å². The molecule has 0 bridgehead atoms. The van der Waals surface area contributed by atoms with Crippen LogP contribution in [0.4, 0.5) is 5.69 Å². The molecular weight excluding hydrogens is 464 g/mol. The minimum atomic E-state index is -0.638. The van der Waals surface area contributed by atoms with Crippen LogP contribution >= 0.6 is 0 Å². The minimum Gasteiger partial charge on any atom is -0.497 e. The standard InChI is InChI=1S/C24H26N8O4/c1-35-18-12-16(13-19(14-18)36-11-3-10-33)20(29-17-6-4-15(5-7-17)21(25)26)22-30-24(34)32(31-22)23-27-8-2-9-28-23/h2,4-9,12-14,20,29,33H,3,10-11H2,1H3,(H3,25,26)(H,30,31,34). The third-order valence-electron chi connectivity index (χ3n) is 5.20. The maximum atomic E-state index is 12.7. The van der Waals surface area contributed by atoms with Gasteiger partial charge < -0.3 is 25.6 Å². The lowest BCUT2D eigenvalue weighted by molar-refractivity contribution is 0.233. The lowest BCUT2D eigenvalue weighted by Gasteiger charge is -2.20. The second-order valence-electron chi connectivity index (χ2n) is 7.71. The van der Waals surface area contributed by atoms with Gasteiger partial charge in [0.25, 0.3) is 5.95 Å². The molecule has 0 saturated heterocycles. The Morgan fingerprint density at radius 1 is 1.19 bits per heavy atom. The van der Waals surface area contributed by atoms with Crippen LogP contribution in [0.15, 0.2) is 65.7 Å². The molecule has 2 aromatic carbocycles. The van der Waals surface area contributed by atoms with Gasteiger partial charge in [0.05, 0.1) is 13.7 Å². The van der Waals surface area contributed by atoms with E-state index in [4.69, 9.17) is 25.7 Å². The summed E-state index contributed by atoms with van der Waals surface area (Å²) < 4.78 is 12.3. The third kappa shape index (κ3) is 5.67. The van der Waals surface area contributed by atoms with Gasteiger partial charge in [-0.2, -0.15) is 0 Å². The molecule has 4 rings (SSSR count). The highest BCUT2D eigenvalue weighted by atomic mass is 16.5. The van der Waals surface area contributed by atoms with Crippen molar-refractivity contribution in [3.8, 4) is 17.4 Å². The molecule has 2 heterocycles. The Kier molecular flexibility index (Phi) is 7.56. The van der Waals surface area contributed by atoms with Gasteiger partial charge in [0.1, 0.15) is 23.4 Å². The molecule has 1 atom stereocenters. The first kappa shape index (κ1) is 24.4. The quantitative estimate of drug-likeness (QED) is 0.119. The SMILES string of the molecule is COc1cc(OCCCO)cc(C(Nc2ccc(C(=N)N)cc2)c2nn(-c3ncccn3)c(=O)[nH]2)c1. The van der Waals surface area contributed by atoms with Crippen molar-refractivity contribution in [1.29, 1.82) is 5.41 Å². The van der Waals surface area contributed by atoms with Crippen molar-refractivity contribution in [1.82, 2.24) is 24.7 Å². The van der Waals surface area contributed by atoms with Crippen molar-refractivity contribution in [3.63, 3.8) is 0 Å². The third-order valence-corrected chi connectivity index (χ3v) is 5.20. The number of hydrogen-bond donors (Lipinski definition) is 5. The second-order valence-corrected chi connectivity index (χ2v) is 7.71. The summed E-state index contributed by atoms with van der Waals surface area (Å²) in [6.07, 6.45) is 3.52. The van der Waals surface area contributed by atoms with E-state index in [9.17, 15) is 4.79 Å². The number of H-pyrrole nitrogens is 1. The topological polar surface area (TPSA) is 177 Å². The summed E-state index contributed by atoms with van der Waals surface area (Å²) in [7, 11) is 1.54. The Balaban J connectivity index is 1.77. The number of nitrogens with two attached hydrogens (primary N) is 1. The normalized spacial score (nSPS) is 11.6. The van der Waals surface area contributed by atoms with Crippen LogP contribution in [-0.2, 0) is 0 Å². The Morgan fingerprint density at radius 2 is 1.92 bits per heavy atom. The van der Waals surface area contributed by atoms with Gasteiger partial charge in [-0.3, -0.25) is 10.4 Å². The fraction of sp³-hybridized carbons (Fsp3) is 0.208. The smallest absolute Gasteiger partial charge is 0.350 e. The summed E-state index contributed by atoms with van der Waals surface area (Å²) in [6.45, 7) is 0.335. The maximum Gasteiger partial charge on any atom is 0.350 e. The number of aliphatic hydroxyl groups is 1. The van der Waals surface area contributed by atoms with E-state index in [2.05, 4.69) is 25.4 Å². The monoisotopic (exact) mass is 490 g/mol. The number of anilines is 1. The van der Waals surface area contributed by atoms with E-state index in [0.29, 0.717) is 47.2 Å². The van der Waals surface area contributed by atoms with Crippen LogP contribution < -0.4 is 26.2 Å². The molecule has 2 aromatic heterocycles. The summed E-state index contributed by atoms with van der Waals surface area (Å²) in [5, 5.41) is 24.5. The number of aromatic nitrogens is 5. The van der Waals surface area contributed by atoms with Crippen LogP contribution in [0.3, 0.4) is 0 Å². The number of aromatic amines is 1. The first-order valence-corrected chi connectivity index (χ1v) is 11.1. The van der Waals surface area contributed by atoms with Gasteiger partial charge in [-0.1, -0.05) is 0 Å². The molecule has 0 radical (unpaired) electrons. The molecule has 1 unspecified atom stereocenters. The second kappa shape index (κ2) is 11.1. The predicted molar refractivity (Wildman–Crippen MR) is 133 cm³/mol. The highest BCUT2D eigenvalue weighted by Gasteiger charge is 2.22. The number of hydrogen-bond acceptors (Lipinski definition) is 9. The molecule has 186 valence electrons. The number of rotatable bonds is 11. The van der Waals surface area contributed by atoms with Crippen LogP contribution in [0.5, 0.6) is 11.5 Å². The summed E-state index contributed by atoms with van der Waals surface area (Å²) in [5.41, 5.74) is 7.04. The van der Waals surface area contributed by atoms with Crippen molar-refractivity contribution in [2.24, 2.45) is 5.73 Å². The average molecular weight is 491 g/mol. The molecule has 0 aliphatic heterocycles. The van der Waals surface area contributed by atoms with Gasteiger partial charge in [-0.25, -0.2) is 14.8 Å². The van der Waals surface area contributed by atoms with E-state index < -0.39 is 11.7 Å². The Labute approximate surface area is 206 Å². The highest BCUT2D eigenvalue weighted by molar-refractivity contribution is 5.95. The zero-order chi connectivity index (χ0) is 25.5. The molecule has 0 saturated carbocycles. The van der Waals surface area contributed by atoms with Crippen LogP contribution in [0.1, 0.15) is 29.4 Å². The Bertz CT molecular complexity index is 1370. The van der Waals surface area contributed by atoms with Gasteiger partial charge >= 0.3 is 5.69 Å². The molecule has 36 heavy (non-hydrogen) atoms. The zero-order valence-corrected chi connectivity index (χ0v) is 19.5. The molecule has 0 spiro atoms. The number of nitrogen functional groups attached to an aromatic ring is 1. The van der Waals surface area contributed by atoms with Gasteiger partial charge in [0.15, 0.2) is 5.82 Å². The largest absolute Gasteiger partial charge is 0.497 e. The molecule has 0 aliphatic carbocycles. The maximum absolute atomic E-state index is 12.7. The molecule has 12 nitrogen and oxygen atoms in total. The molecule has 6 N–H and O–H groups in total. The number of aliphatic hydroxyl groups excluding tert-OH is 1. The molecule has 0 amide bonds. The van der Waals surface area contributed by atoms with Crippen molar-refractivity contribution in [3.05, 3.63) is 88.4 Å². The Morgan fingerprint density at radius 3 is 2.58 bits per heavy atom. The number of benzene rings is 2. The first-order chi connectivity index (χ1) is 17.5. The summed E-state index contributed by atoms with van der Waals surface area (Å²) in [4.78, 5) is 23.7. The van der Waals surface area contributed by atoms with Crippen molar-refractivity contribution < 1.29 is 14.6 Å². The highest BCUT2D eigenvalue weighted by Crippen LogP contribution is 2.31. The zero-order valence-electron chi connectivity index (χ0n) is 19.5. The van der Waals surface area contributed by atoms with Crippen molar-refractivity contribution >= 4 is 11.5 Å². The lowest BCUT2D eigenvalue weighted by Crippen LogP contribution is -2.18. The van der Waals surface area contributed by atoms with E-state index in [1.165, 1.54) is 12.4 Å². The van der Waals surface area contributed by atoms with E-state index in [1.54, 1.807) is 55.6 Å². The van der Waals surface area contributed by atoms with E-state index in [0.717, 1.165) is 4.68 Å². The first-order valence-electron chi connectivity index (χ1n) is 11.1. The minimum absolute atomic E-state index is 0.0114. The average Bonchev–Trinajstić information content (AvgIpc) is 3.29. The van der Waals surface area contributed by atoms with E-state index in [1.807, 2.05) is 0 Å². The van der Waals surface area contributed by atoms with Gasteiger partial charge in [0.2, 0.25) is 0 Å². The Hall–Kier alpha value is -4.71. The van der Waals surface area contributed by atoms with Crippen molar-refractivity contribution in [2.75, 3.05) is 25.6 Å². The number of nitrogens with zero attached hydrogens (tertiary/aromatic N) is 4. The van der Waals surface area contributed by atoms with Crippen molar-refractivity contribution in [2.45, 2.75) is 12.5 Å². The molecule has 4 aromatic rings. The van der Waals surface area contributed by atoms with Gasteiger partial charge in [-0.15, -0.1) is 9.78 Å². The molecule has 0 aliphatic rings. The van der Waals surface area contributed by atoms with Crippen LogP contribution in [0.2, 0.25) is 0 Å². The number of methoxy groups -OCH3 is 1. The fourth-order valence-corrected chi connectivity index (χ4v) is 3.45. The number of ether oxygens (including phenoxy) is 2. The predicted octanol–water partition coefficient (Wildman–Crippen LogP) is 1.61. The summed E-state index contributed by atoms with van der Waals surface area (Å²) in [5.74, 6) is 1.47. The summed E-state index contributed by atoms with van der Waals surface area (Å²) >= 11 is 0. The summed E-state index contributed by atoms with van der Waals surface area (Å²) in [6, 6.07) is 13.3. The van der Waals surface area contributed by atoms with Gasteiger partial charge in [0, 0.05) is 42.7 Å². The van der Waals surface area contributed by atoms with E-state index in [-0.39, 0.29) is 18.4 Å². The molecular formula is C24H26N8O4. The number of amidine groups is 1. The van der Waals surface area contributed by atoms with Crippen LogP contribution in [-0.4, -0.2) is 56.0 Å². The molecule has 0 fully saturated rings. The van der Waals surface area contributed by atoms with Crippen LogP contribution in [0.25, 0.3) is 5.95 Å². The fourth-order valence-electron chi connectivity index (χ4n) is 3.45. The lowest BCUT2D eigenvalue weighted by atomic mass is 10.0. The molecule has 12 heteroatoms.